The lowest BCUT2D eigenvalue weighted by molar-refractivity contribution is 0.0502. The minimum atomic E-state index is -0.445. The first-order chi connectivity index (χ1) is 9.20. The normalized spacial score (nSPS) is 20.3. The number of likely N-dealkylation sites (N-methyl/N-ethyl adjacent to an activating group) is 1. The van der Waals surface area contributed by atoms with E-state index in [2.05, 4.69) is 0 Å². The van der Waals surface area contributed by atoms with Gasteiger partial charge in [-0.15, -0.1) is 0 Å². The Morgan fingerprint density at radius 1 is 1.37 bits per heavy atom. The summed E-state index contributed by atoms with van der Waals surface area (Å²) in [4.78, 5) is 15.4. The zero-order chi connectivity index (χ0) is 13.7. The predicted molar refractivity (Wildman–Crippen MR) is 70.6 cm³/mol. The fourth-order valence-electron chi connectivity index (χ4n) is 2.09. The smallest absolute Gasteiger partial charge is 0.410 e. The Balaban J connectivity index is 1.83. The second-order valence-electron chi connectivity index (χ2n) is 4.77. The van der Waals surface area contributed by atoms with Crippen LogP contribution in [0.2, 0.25) is 0 Å². The van der Waals surface area contributed by atoms with Gasteiger partial charge < -0.3 is 9.64 Å². The number of nitrogens with zero attached hydrogens (tertiary/aromatic N) is 2. The molecule has 104 valence electrons. The number of carbonyl (C=O) groups is 1. The molecule has 0 aromatic heterocycles. The van der Waals surface area contributed by atoms with E-state index in [4.69, 9.17) is 4.74 Å². The average Bonchev–Trinajstić information content (AvgIpc) is 2.46. The van der Waals surface area contributed by atoms with Crippen LogP contribution in [-0.2, 0) is 11.3 Å². The summed E-state index contributed by atoms with van der Waals surface area (Å²) in [6.45, 7) is 1.46. The third-order valence-electron chi connectivity index (χ3n) is 3.42. The molecule has 1 heterocycles. The Bertz CT molecular complexity index is 413. The molecule has 5 heteroatoms. The number of halogens is 1. The van der Waals surface area contributed by atoms with Crippen LogP contribution >= 0.6 is 0 Å². The Hall–Kier alpha value is -1.62. The van der Waals surface area contributed by atoms with Crippen molar-refractivity contribution in [2.24, 2.45) is 0 Å². The number of amides is 1. The topological polar surface area (TPSA) is 32.8 Å². The molecule has 1 aliphatic heterocycles. The molecule has 1 aromatic carbocycles. The lowest BCUT2D eigenvalue weighted by Gasteiger charge is -2.37. The van der Waals surface area contributed by atoms with Gasteiger partial charge in [0, 0.05) is 19.6 Å². The van der Waals surface area contributed by atoms with Crippen LogP contribution in [0.5, 0.6) is 0 Å². The minimum absolute atomic E-state index is 0.224. The highest BCUT2D eigenvalue weighted by molar-refractivity contribution is 5.67. The second-order valence-corrected chi connectivity index (χ2v) is 4.77. The zero-order valence-corrected chi connectivity index (χ0v) is 11.1. The highest BCUT2D eigenvalue weighted by Crippen LogP contribution is 2.10. The van der Waals surface area contributed by atoms with E-state index in [1.807, 2.05) is 42.3 Å². The number of piperazine rings is 1. The average molecular weight is 266 g/mol. The summed E-state index contributed by atoms with van der Waals surface area (Å²) >= 11 is 0. The third kappa shape index (κ3) is 3.67. The van der Waals surface area contributed by atoms with Crippen molar-refractivity contribution in [3.05, 3.63) is 35.9 Å². The van der Waals surface area contributed by atoms with Crippen molar-refractivity contribution < 1.29 is 13.9 Å². The maximum atomic E-state index is 12.8. The Morgan fingerprint density at radius 3 is 2.79 bits per heavy atom. The van der Waals surface area contributed by atoms with E-state index in [0.717, 1.165) is 5.56 Å². The van der Waals surface area contributed by atoms with Crippen molar-refractivity contribution in [1.29, 1.82) is 0 Å². The standard InChI is InChI=1S/C14H19FN2O2/c1-16-7-8-17(10-13(16)9-15)14(18)19-11-12-5-3-2-4-6-12/h2-6,13H,7-11H2,1H3/t13-/m1/s1. The first kappa shape index (κ1) is 13.8. The van der Waals surface area contributed by atoms with Gasteiger partial charge in [0.1, 0.15) is 13.3 Å². The summed E-state index contributed by atoms with van der Waals surface area (Å²) in [7, 11) is 1.87. The molecular formula is C14H19FN2O2. The van der Waals surface area contributed by atoms with E-state index in [1.165, 1.54) is 0 Å². The summed E-state index contributed by atoms with van der Waals surface area (Å²) in [5, 5.41) is 0. The van der Waals surface area contributed by atoms with Crippen molar-refractivity contribution in [1.82, 2.24) is 9.80 Å². The minimum Gasteiger partial charge on any atom is -0.445 e. The van der Waals surface area contributed by atoms with Crippen LogP contribution in [0.15, 0.2) is 30.3 Å². The molecule has 1 atom stereocenters. The van der Waals surface area contributed by atoms with Crippen LogP contribution in [0.1, 0.15) is 5.56 Å². The SMILES string of the molecule is CN1CCN(C(=O)OCc2ccccc2)C[C@H]1CF. The molecule has 2 rings (SSSR count). The monoisotopic (exact) mass is 266 g/mol. The number of hydrogen-bond donors (Lipinski definition) is 0. The van der Waals surface area contributed by atoms with E-state index in [0.29, 0.717) is 19.6 Å². The van der Waals surface area contributed by atoms with Crippen LogP contribution in [0.4, 0.5) is 9.18 Å². The number of alkyl halides is 1. The molecule has 1 amide bonds. The van der Waals surface area contributed by atoms with Crippen LogP contribution < -0.4 is 0 Å². The first-order valence-corrected chi connectivity index (χ1v) is 6.42. The maximum absolute atomic E-state index is 12.8. The number of ether oxygens (including phenoxy) is 1. The van der Waals surface area contributed by atoms with Gasteiger partial charge in [-0.2, -0.15) is 0 Å². The van der Waals surface area contributed by atoms with Crippen molar-refractivity contribution in [2.45, 2.75) is 12.6 Å². The molecule has 4 nitrogen and oxygen atoms in total. The molecule has 1 saturated heterocycles. The fourth-order valence-corrected chi connectivity index (χ4v) is 2.09. The number of rotatable bonds is 3. The molecule has 1 aromatic rings. The number of benzene rings is 1. The van der Waals surface area contributed by atoms with E-state index in [-0.39, 0.29) is 18.7 Å². The molecule has 0 unspecified atom stereocenters. The van der Waals surface area contributed by atoms with Crippen LogP contribution in [0.25, 0.3) is 0 Å². The molecular weight excluding hydrogens is 247 g/mol. The molecule has 0 aliphatic carbocycles. The van der Waals surface area contributed by atoms with Crippen molar-refractivity contribution in [3.63, 3.8) is 0 Å². The third-order valence-corrected chi connectivity index (χ3v) is 3.42. The van der Waals surface area contributed by atoms with Crippen molar-refractivity contribution in [3.8, 4) is 0 Å². The lowest BCUT2D eigenvalue weighted by Crippen LogP contribution is -2.54. The quantitative estimate of drug-likeness (QED) is 0.838. The summed E-state index contributed by atoms with van der Waals surface area (Å²) in [5.41, 5.74) is 0.951. The maximum Gasteiger partial charge on any atom is 0.410 e. The van der Waals surface area contributed by atoms with Gasteiger partial charge >= 0.3 is 6.09 Å². The lowest BCUT2D eigenvalue weighted by atomic mass is 10.2. The van der Waals surface area contributed by atoms with Gasteiger partial charge in [0.05, 0.1) is 6.04 Å². The summed E-state index contributed by atoms with van der Waals surface area (Å²) in [5.74, 6) is 0. The second kappa shape index (κ2) is 6.52. The van der Waals surface area contributed by atoms with Crippen LogP contribution in [0.3, 0.4) is 0 Å². The number of hydrogen-bond acceptors (Lipinski definition) is 3. The molecule has 19 heavy (non-hydrogen) atoms. The van der Waals surface area contributed by atoms with E-state index < -0.39 is 6.67 Å². The van der Waals surface area contributed by atoms with Gasteiger partial charge in [0.2, 0.25) is 0 Å². The molecule has 0 N–H and O–H groups in total. The molecule has 1 aliphatic rings. The Kier molecular flexibility index (Phi) is 4.74. The number of carbonyl (C=O) groups excluding carboxylic acids is 1. The highest BCUT2D eigenvalue weighted by atomic mass is 19.1. The van der Waals surface area contributed by atoms with Gasteiger partial charge in [0.15, 0.2) is 0 Å². The summed E-state index contributed by atoms with van der Waals surface area (Å²) in [6.07, 6.45) is -0.365. The largest absolute Gasteiger partial charge is 0.445 e. The van der Waals surface area contributed by atoms with Crippen LogP contribution in [-0.4, -0.2) is 55.3 Å². The van der Waals surface area contributed by atoms with E-state index >= 15 is 0 Å². The van der Waals surface area contributed by atoms with Crippen LogP contribution in [0, 0.1) is 0 Å². The van der Waals surface area contributed by atoms with Crippen molar-refractivity contribution >= 4 is 6.09 Å². The van der Waals surface area contributed by atoms with Gasteiger partial charge in [-0.3, -0.25) is 4.90 Å². The van der Waals surface area contributed by atoms with Gasteiger partial charge in [-0.25, -0.2) is 9.18 Å². The van der Waals surface area contributed by atoms with Gasteiger partial charge in [-0.05, 0) is 12.6 Å². The summed E-state index contributed by atoms with van der Waals surface area (Å²) in [6, 6.07) is 9.30. The van der Waals surface area contributed by atoms with Crippen molar-refractivity contribution in [2.75, 3.05) is 33.4 Å². The molecule has 1 fully saturated rings. The molecule has 0 saturated carbocycles. The van der Waals surface area contributed by atoms with Gasteiger partial charge in [0.25, 0.3) is 0 Å². The summed E-state index contributed by atoms with van der Waals surface area (Å²) < 4.78 is 18.0. The fraction of sp³-hybridized carbons (Fsp3) is 0.500. The molecule has 0 radical (unpaired) electrons. The first-order valence-electron chi connectivity index (χ1n) is 6.42. The zero-order valence-electron chi connectivity index (χ0n) is 11.1. The van der Waals surface area contributed by atoms with E-state index in [1.54, 1.807) is 4.90 Å². The Morgan fingerprint density at radius 2 is 2.11 bits per heavy atom. The molecule has 0 spiro atoms. The van der Waals surface area contributed by atoms with E-state index in [9.17, 15) is 9.18 Å². The predicted octanol–water partition coefficient (Wildman–Crippen LogP) is 1.91. The Labute approximate surface area is 112 Å². The molecule has 0 bridgehead atoms. The highest BCUT2D eigenvalue weighted by Gasteiger charge is 2.27. The van der Waals surface area contributed by atoms with Gasteiger partial charge in [-0.1, -0.05) is 30.3 Å².